The quantitative estimate of drug-likeness (QED) is 0.527. The number of hydrogen-bond acceptors (Lipinski definition) is 2. The molecule has 0 aliphatic heterocycles. The van der Waals surface area contributed by atoms with Crippen molar-refractivity contribution < 1.29 is 9.47 Å². The highest BCUT2D eigenvalue weighted by molar-refractivity contribution is 4.54. The second-order valence-electron chi connectivity index (χ2n) is 3.04. The maximum atomic E-state index is 5.61. The van der Waals surface area contributed by atoms with Crippen LogP contribution in [0.3, 0.4) is 0 Å². The van der Waals surface area contributed by atoms with Crippen molar-refractivity contribution in [1.82, 2.24) is 0 Å². The van der Waals surface area contributed by atoms with Crippen molar-refractivity contribution in [3.05, 3.63) is 0 Å². The van der Waals surface area contributed by atoms with E-state index in [0.29, 0.717) is 12.7 Å². The van der Waals surface area contributed by atoms with Crippen molar-refractivity contribution in [2.75, 3.05) is 20.3 Å². The van der Waals surface area contributed by atoms with Gasteiger partial charge in [-0.05, 0) is 12.8 Å². The van der Waals surface area contributed by atoms with Gasteiger partial charge in [-0.25, -0.2) is 0 Å². The van der Waals surface area contributed by atoms with Gasteiger partial charge < -0.3 is 9.47 Å². The van der Waals surface area contributed by atoms with Crippen molar-refractivity contribution in [2.24, 2.45) is 0 Å². The van der Waals surface area contributed by atoms with E-state index in [2.05, 4.69) is 13.8 Å². The largest absolute Gasteiger partial charge is 0.382 e. The first-order valence-electron chi connectivity index (χ1n) is 4.95. The molecular formula is C10H22O2. The van der Waals surface area contributed by atoms with E-state index in [1.54, 1.807) is 7.11 Å². The van der Waals surface area contributed by atoms with Crippen LogP contribution in [0.25, 0.3) is 0 Å². The van der Waals surface area contributed by atoms with Crippen LogP contribution in [-0.2, 0) is 9.47 Å². The second-order valence-corrected chi connectivity index (χ2v) is 3.04. The van der Waals surface area contributed by atoms with Gasteiger partial charge in [0.05, 0.1) is 19.3 Å². The van der Waals surface area contributed by atoms with Crippen LogP contribution < -0.4 is 0 Å². The van der Waals surface area contributed by atoms with Gasteiger partial charge in [0.1, 0.15) is 0 Å². The molecule has 2 nitrogen and oxygen atoms in total. The van der Waals surface area contributed by atoms with E-state index in [-0.39, 0.29) is 0 Å². The monoisotopic (exact) mass is 174 g/mol. The molecular weight excluding hydrogens is 152 g/mol. The summed E-state index contributed by atoms with van der Waals surface area (Å²) in [5.41, 5.74) is 0. The predicted octanol–water partition coefficient (Wildman–Crippen LogP) is 2.62. The van der Waals surface area contributed by atoms with E-state index >= 15 is 0 Å². The van der Waals surface area contributed by atoms with E-state index in [4.69, 9.17) is 9.47 Å². The topological polar surface area (TPSA) is 18.5 Å². The lowest BCUT2D eigenvalue weighted by Gasteiger charge is -2.14. The molecule has 74 valence electrons. The fraction of sp³-hybridized carbons (Fsp3) is 1.00. The standard InChI is InChI=1S/C10H22O2/c1-4-6-7-10(5-2)12-9-8-11-3/h10H,4-9H2,1-3H3. The molecule has 2 heteroatoms. The first kappa shape index (κ1) is 11.9. The van der Waals surface area contributed by atoms with Gasteiger partial charge in [-0.2, -0.15) is 0 Å². The van der Waals surface area contributed by atoms with Crippen LogP contribution >= 0.6 is 0 Å². The summed E-state index contributed by atoms with van der Waals surface area (Å²) in [4.78, 5) is 0. The van der Waals surface area contributed by atoms with Crippen LogP contribution in [-0.4, -0.2) is 26.4 Å². The molecule has 0 aromatic carbocycles. The molecule has 0 aliphatic carbocycles. The highest BCUT2D eigenvalue weighted by Gasteiger charge is 2.04. The molecule has 1 unspecified atom stereocenters. The van der Waals surface area contributed by atoms with Gasteiger partial charge in [0.15, 0.2) is 0 Å². The van der Waals surface area contributed by atoms with Crippen molar-refractivity contribution >= 4 is 0 Å². The minimum atomic E-state index is 0.445. The third-order valence-electron chi connectivity index (χ3n) is 1.98. The molecule has 0 spiro atoms. The Kier molecular flexibility index (Phi) is 8.95. The lowest BCUT2D eigenvalue weighted by Crippen LogP contribution is -2.14. The zero-order chi connectivity index (χ0) is 9.23. The summed E-state index contributed by atoms with van der Waals surface area (Å²) >= 11 is 0. The van der Waals surface area contributed by atoms with Crippen molar-refractivity contribution in [3.8, 4) is 0 Å². The first-order valence-corrected chi connectivity index (χ1v) is 4.95. The Morgan fingerprint density at radius 2 is 1.92 bits per heavy atom. The summed E-state index contributed by atoms with van der Waals surface area (Å²) < 4.78 is 10.5. The molecule has 0 bridgehead atoms. The first-order chi connectivity index (χ1) is 5.85. The van der Waals surface area contributed by atoms with Crippen molar-refractivity contribution in [1.29, 1.82) is 0 Å². The van der Waals surface area contributed by atoms with E-state index in [1.165, 1.54) is 19.3 Å². The van der Waals surface area contributed by atoms with Gasteiger partial charge in [-0.15, -0.1) is 0 Å². The molecule has 0 heterocycles. The number of hydrogen-bond donors (Lipinski definition) is 0. The predicted molar refractivity (Wildman–Crippen MR) is 51.4 cm³/mol. The van der Waals surface area contributed by atoms with Gasteiger partial charge in [-0.3, -0.25) is 0 Å². The van der Waals surface area contributed by atoms with Gasteiger partial charge in [0, 0.05) is 7.11 Å². The SMILES string of the molecule is CCCCC(CC)OCCOC. The Balaban J connectivity index is 3.26. The normalized spacial score (nSPS) is 13.2. The summed E-state index contributed by atoms with van der Waals surface area (Å²) in [5.74, 6) is 0. The summed E-state index contributed by atoms with van der Waals surface area (Å²) in [6, 6.07) is 0. The van der Waals surface area contributed by atoms with Crippen molar-refractivity contribution in [2.45, 2.75) is 45.6 Å². The molecule has 0 rings (SSSR count). The Labute approximate surface area is 76.3 Å². The molecule has 0 aromatic rings. The molecule has 0 aliphatic rings. The van der Waals surface area contributed by atoms with Crippen LogP contribution in [0.4, 0.5) is 0 Å². The Morgan fingerprint density at radius 1 is 1.17 bits per heavy atom. The number of rotatable bonds is 8. The van der Waals surface area contributed by atoms with Gasteiger partial charge in [0.2, 0.25) is 0 Å². The Hall–Kier alpha value is -0.0800. The Bertz CT molecular complexity index is 83.9. The average molecular weight is 174 g/mol. The van der Waals surface area contributed by atoms with Gasteiger partial charge in [0.25, 0.3) is 0 Å². The zero-order valence-corrected chi connectivity index (χ0v) is 8.64. The molecule has 12 heavy (non-hydrogen) atoms. The zero-order valence-electron chi connectivity index (χ0n) is 8.64. The number of ether oxygens (including phenoxy) is 2. The highest BCUT2D eigenvalue weighted by Crippen LogP contribution is 2.07. The molecule has 0 saturated heterocycles. The molecule has 0 aromatic heterocycles. The smallest absolute Gasteiger partial charge is 0.0704 e. The minimum Gasteiger partial charge on any atom is -0.382 e. The summed E-state index contributed by atoms with van der Waals surface area (Å²) in [5, 5.41) is 0. The molecule has 0 N–H and O–H groups in total. The van der Waals surface area contributed by atoms with Crippen molar-refractivity contribution in [3.63, 3.8) is 0 Å². The molecule has 0 saturated carbocycles. The fourth-order valence-corrected chi connectivity index (χ4v) is 1.14. The minimum absolute atomic E-state index is 0.445. The maximum absolute atomic E-state index is 5.61. The van der Waals surface area contributed by atoms with Crippen LogP contribution in [0, 0.1) is 0 Å². The lowest BCUT2D eigenvalue weighted by atomic mass is 10.1. The van der Waals surface area contributed by atoms with E-state index < -0.39 is 0 Å². The van der Waals surface area contributed by atoms with Crippen LogP contribution in [0.1, 0.15) is 39.5 Å². The second kappa shape index (κ2) is 9.01. The van der Waals surface area contributed by atoms with E-state index in [0.717, 1.165) is 13.0 Å². The molecule has 0 amide bonds. The molecule has 0 fully saturated rings. The maximum Gasteiger partial charge on any atom is 0.0704 e. The van der Waals surface area contributed by atoms with Crippen LogP contribution in [0.15, 0.2) is 0 Å². The molecule has 0 radical (unpaired) electrons. The fourth-order valence-electron chi connectivity index (χ4n) is 1.14. The van der Waals surface area contributed by atoms with Crippen LogP contribution in [0.5, 0.6) is 0 Å². The molecule has 1 atom stereocenters. The Morgan fingerprint density at radius 3 is 2.42 bits per heavy atom. The average Bonchev–Trinajstić information content (AvgIpc) is 2.11. The van der Waals surface area contributed by atoms with Gasteiger partial charge in [-0.1, -0.05) is 26.7 Å². The third-order valence-corrected chi connectivity index (χ3v) is 1.98. The number of unbranched alkanes of at least 4 members (excludes halogenated alkanes) is 1. The summed E-state index contributed by atoms with van der Waals surface area (Å²) in [6.07, 6.45) is 5.27. The third kappa shape index (κ3) is 6.62. The summed E-state index contributed by atoms with van der Waals surface area (Å²) in [6.45, 7) is 5.83. The van der Waals surface area contributed by atoms with E-state index in [1.807, 2.05) is 0 Å². The van der Waals surface area contributed by atoms with Gasteiger partial charge >= 0.3 is 0 Å². The lowest BCUT2D eigenvalue weighted by molar-refractivity contribution is 0.0106. The van der Waals surface area contributed by atoms with Crippen LogP contribution in [0.2, 0.25) is 0 Å². The summed E-state index contributed by atoms with van der Waals surface area (Å²) in [7, 11) is 1.70. The highest BCUT2D eigenvalue weighted by atomic mass is 16.5. The number of methoxy groups -OCH3 is 1. The van der Waals surface area contributed by atoms with E-state index in [9.17, 15) is 0 Å².